The summed E-state index contributed by atoms with van der Waals surface area (Å²) in [6, 6.07) is 6.88. The predicted octanol–water partition coefficient (Wildman–Crippen LogP) is 2.20. The van der Waals surface area contributed by atoms with Gasteiger partial charge in [-0.25, -0.2) is 0 Å². The molecule has 0 aromatic heterocycles. The molecule has 1 N–H and O–H groups in total. The van der Waals surface area contributed by atoms with E-state index in [2.05, 4.69) is 10.2 Å². The van der Waals surface area contributed by atoms with E-state index in [1.54, 1.807) is 12.1 Å². The zero-order valence-electron chi connectivity index (χ0n) is 11.2. The van der Waals surface area contributed by atoms with Gasteiger partial charge in [-0.15, -0.1) is 0 Å². The average molecular weight is 251 g/mol. The Kier molecular flexibility index (Phi) is 5.74. The molecular formula is C13H21N3O2. The lowest BCUT2D eigenvalue weighted by molar-refractivity contribution is -0.385. The second-order valence-electron chi connectivity index (χ2n) is 4.65. The van der Waals surface area contributed by atoms with Crippen LogP contribution in [0.5, 0.6) is 0 Å². The summed E-state index contributed by atoms with van der Waals surface area (Å²) in [5.74, 6) is 0. The Hall–Kier alpha value is -1.46. The Balaban J connectivity index is 2.56. The van der Waals surface area contributed by atoms with Gasteiger partial charge >= 0.3 is 0 Å². The van der Waals surface area contributed by atoms with Crippen LogP contribution >= 0.6 is 0 Å². The molecule has 5 nitrogen and oxygen atoms in total. The Morgan fingerprint density at radius 3 is 2.67 bits per heavy atom. The summed E-state index contributed by atoms with van der Waals surface area (Å²) in [7, 11) is 4.07. The van der Waals surface area contributed by atoms with Crippen molar-refractivity contribution in [1.29, 1.82) is 0 Å². The van der Waals surface area contributed by atoms with Gasteiger partial charge in [0.05, 0.1) is 4.92 Å². The predicted molar refractivity (Wildman–Crippen MR) is 72.7 cm³/mol. The molecule has 0 amide bonds. The van der Waals surface area contributed by atoms with Gasteiger partial charge in [0, 0.05) is 17.7 Å². The van der Waals surface area contributed by atoms with E-state index in [-0.39, 0.29) is 16.7 Å². The van der Waals surface area contributed by atoms with Gasteiger partial charge in [0.1, 0.15) is 0 Å². The highest BCUT2D eigenvalue weighted by molar-refractivity contribution is 5.41. The summed E-state index contributed by atoms with van der Waals surface area (Å²) in [5, 5.41) is 14.2. The maximum Gasteiger partial charge on any atom is 0.274 e. The molecule has 1 rings (SSSR count). The number of benzene rings is 1. The SMILES string of the molecule is CC(NCCCN(C)C)c1ccccc1[N+](=O)[O-]. The van der Waals surface area contributed by atoms with E-state index in [9.17, 15) is 10.1 Å². The summed E-state index contributed by atoms with van der Waals surface area (Å²) in [4.78, 5) is 12.7. The molecule has 5 heteroatoms. The van der Waals surface area contributed by atoms with Gasteiger partial charge in [0.2, 0.25) is 0 Å². The van der Waals surface area contributed by atoms with Crippen molar-refractivity contribution in [1.82, 2.24) is 10.2 Å². The smallest absolute Gasteiger partial charge is 0.274 e. The van der Waals surface area contributed by atoms with Gasteiger partial charge in [0.15, 0.2) is 0 Å². The number of nitrogens with zero attached hydrogens (tertiary/aromatic N) is 2. The van der Waals surface area contributed by atoms with Crippen molar-refractivity contribution < 1.29 is 4.92 Å². The third-order valence-corrected chi connectivity index (χ3v) is 2.83. The first-order valence-electron chi connectivity index (χ1n) is 6.14. The summed E-state index contributed by atoms with van der Waals surface area (Å²) < 4.78 is 0. The topological polar surface area (TPSA) is 58.4 Å². The van der Waals surface area contributed by atoms with Crippen molar-refractivity contribution in [3.8, 4) is 0 Å². The normalized spacial score (nSPS) is 12.7. The third kappa shape index (κ3) is 4.43. The number of para-hydroxylation sites is 1. The van der Waals surface area contributed by atoms with Crippen LogP contribution in [0.3, 0.4) is 0 Å². The fourth-order valence-corrected chi connectivity index (χ4v) is 1.84. The molecule has 100 valence electrons. The summed E-state index contributed by atoms with van der Waals surface area (Å²) in [5.41, 5.74) is 0.928. The fraction of sp³-hybridized carbons (Fsp3) is 0.538. The average Bonchev–Trinajstić information content (AvgIpc) is 2.34. The van der Waals surface area contributed by atoms with Crippen LogP contribution in [0.15, 0.2) is 24.3 Å². The van der Waals surface area contributed by atoms with Crippen molar-refractivity contribution in [3.05, 3.63) is 39.9 Å². The quantitative estimate of drug-likeness (QED) is 0.458. The van der Waals surface area contributed by atoms with Gasteiger partial charge in [-0.05, 0) is 40.5 Å². The van der Waals surface area contributed by atoms with Crippen LogP contribution in [0.2, 0.25) is 0 Å². The van der Waals surface area contributed by atoms with Gasteiger partial charge in [-0.2, -0.15) is 0 Å². The molecule has 0 bridgehead atoms. The Morgan fingerprint density at radius 1 is 1.39 bits per heavy atom. The number of hydrogen-bond donors (Lipinski definition) is 1. The van der Waals surface area contributed by atoms with E-state index >= 15 is 0 Å². The van der Waals surface area contributed by atoms with Crippen LogP contribution in [-0.2, 0) is 0 Å². The summed E-state index contributed by atoms with van der Waals surface area (Å²) in [6.45, 7) is 3.82. The summed E-state index contributed by atoms with van der Waals surface area (Å²) >= 11 is 0. The molecule has 1 aromatic rings. The van der Waals surface area contributed by atoms with Crippen LogP contribution in [0.1, 0.15) is 24.9 Å². The largest absolute Gasteiger partial charge is 0.310 e. The molecule has 18 heavy (non-hydrogen) atoms. The maximum atomic E-state index is 10.9. The highest BCUT2D eigenvalue weighted by Gasteiger charge is 2.17. The van der Waals surface area contributed by atoms with E-state index in [1.165, 1.54) is 0 Å². The van der Waals surface area contributed by atoms with Crippen molar-refractivity contribution in [2.24, 2.45) is 0 Å². The minimum Gasteiger partial charge on any atom is -0.310 e. The Morgan fingerprint density at radius 2 is 2.06 bits per heavy atom. The molecule has 0 aliphatic rings. The highest BCUT2D eigenvalue weighted by Crippen LogP contribution is 2.24. The second-order valence-corrected chi connectivity index (χ2v) is 4.65. The van der Waals surface area contributed by atoms with E-state index in [0.717, 1.165) is 25.1 Å². The molecule has 0 heterocycles. The van der Waals surface area contributed by atoms with E-state index in [1.807, 2.05) is 33.2 Å². The van der Waals surface area contributed by atoms with Gasteiger partial charge in [-0.1, -0.05) is 18.2 Å². The minimum absolute atomic E-state index is 0.00578. The second kappa shape index (κ2) is 7.08. The van der Waals surface area contributed by atoms with E-state index in [4.69, 9.17) is 0 Å². The van der Waals surface area contributed by atoms with Crippen LogP contribution in [0.4, 0.5) is 5.69 Å². The minimum atomic E-state index is -0.326. The lowest BCUT2D eigenvalue weighted by Crippen LogP contribution is -2.24. The zero-order chi connectivity index (χ0) is 13.5. The number of nitrogens with one attached hydrogen (secondary N) is 1. The lowest BCUT2D eigenvalue weighted by Gasteiger charge is -2.15. The molecule has 1 atom stereocenters. The van der Waals surface area contributed by atoms with Crippen LogP contribution in [0.25, 0.3) is 0 Å². The first kappa shape index (κ1) is 14.6. The molecule has 0 radical (unpaired) electrons. The molecule has 0 aliphatic heterocycles. The van der Waals surface area contributed by atoms with Crippen LogP contribution in [0, 0.1) is 10.1 Å². The zero-order valence-corrected chi connectivity index (χ0v) is 11.2. The van der Waals surface area contributed by atoms with Crippen molar-refractivity contribution in [2.75, 3.05) is 27.2 Å². The fourth-order valence-electron chi connectivity index (χ4n) is 1.84. The van der Waals surface area contributed by atoms with Gasteiger partial charge in [-0.3, -0.25) is 10.1 Å². The van der Waals surface area contributed by atoms with E-state index in [0.29, 0.717) is 0 Å². The molecule has 0 saturated carbocycles. The molecule has 0 saturated heterocycles. The van der Waals surface area contributed by atoms with Crippen LogP contribution < -0.4 is 5.32 Å². The lowest BCUT2D eigenvalue weighted by atomic mass is 10.1. The van der Waals surface area contributed by atoms with Crippen molar-refractivity contribution >= 4 is 5.69 Å². The Labute approximate surface area is 108 Å². The standard InChI is InChI=1S/C13H21N3O2/c1-11(14-9-6-10-15(2)3)12-7-4-5-8-13(12)16(17)18/h4-5,7-8,11,14H,6,9-10H2,1-3H3. The van der Waals surface area contributed by atoms with Crippen LogP contribution in [-0.4, -0.2) is 37.0 Å². The Bertz CT molecular complexity index is 394. The molecule has 0 fully saturated rings. The third-order valence-electron chi connectivity index (χ3n) is 2.83. The van der Waals surface area contributed by atoms with Gasteiger partial charge in [0.25, 0.3) is 5.69 Å². The van der Waals surface area contributed by atoms with Gasteiger partial charge < -0.3 is 10.2 Å². The monoisotopic (exact) mass is 251 g/mol. The maximum absolute atomic E-state index is 10.9. The number of hydrogen-bond acceptors (Lipinski definition) is 4. The van der Waals surface area contributed by atoms with Crippen molar-refractivity contribution in [3.63, 3.8) is 0 Å². The first-order chi connectivity index (χ1) is 8.52. The number of rotatable bonds is 7. The summed E-state index contributed by atoms with van der Waals surface area (Å²) in [6.07, 6.45) is 1.03. The molecule has 1 aromatic carbocycles. The molecule has 0 aliphatic carbocycles. The molecular weight excluding hydrogens is 230 g/mol. The highest BCUT2D eigenvalue weighted by atomic mass is 16.6. The number of nitro benzene ring substituents is 1. The van der Waals surface area contributed by atoms with E-state index < -0.39 is 0 Å². The molecule has 1 unspecified atom stereocenters. The molecule has 0 spiro atoms. The first-order valence-corrected chi connectivity index (χ1v) is 6.14. The number of nitro groups is 1. The van der Waals surface area contributed by atoms with Crippen molar-refractivity contribution in [2.45, 2.75) is 19.4 Å².